The maximum absolute atomic E-state index is 11.9. The Hall–Kier alpha value is -0.830. The van der Waals surface area contributed by atoms with Crippen LogP contribution in [-0.4, -0.2) is 33.8 Å². The molecule has 0 aliphatic carbocycles. The molecule has 1 aromatic rings. The van der Waals surface area contributed by atoms with Crippen molar-refractivity contribution in [3.8, 4) is 0 Å². The number of H-pyrrole nitrogens is 1. The van der Waals surface area contributed by atoms with Crippen LogP contribution in [0.25, 0.3) is 0 Å². The monoisotopic (exact) mass is 350 g/mol. The lowest BCUT2D eigenvalue weighted by atomic mass is 10.1. The van der Waals surface area contributed by atoms with Gasteiger partial charge in [0.15, 0.2) is 0 Å². The highest BCUT2D eigenvalue weighted by molar-refractivity contribution is 8.07. The van der Waals surface area contributed by atoms with Gasteiger partial charge in [0, 0.05) is 25.3 Å². The Morgan fingerprint density at radius 1 is 1.59 bits per heavy atom. The second-order valence-electron chi connectivity index (χ2n) is 5.05. The van der Waals surface area contributed by atoms with Gasteiger partial charge in [0.25, 0.3) is 5.56 Å². The van der Waals surface area contributed by atoms with Gasteiger partial charge in [0.05, 0.1) is 12.2 Å². The third-order valence-corrected chi connectivity index (χ3v) is 5.24. The zero-order valence-corrected chi connectivity index (χ0v) is 14.2. The van der Waals surface area contributed by atoms with Crippen molar-refractivity contribution in [2.24, 2.45) is 0 Å². The molecule has 10 heteroatoms. The number of ether oxygens (including phenoxy) is 1. The SMILES string of the molecule is CC[C@H]1OC(n2cc(C)c(=O)[nH]c2=O)C[C@H]1OP(O)(=S)OC. The fourth-order valence-electron chi connectivity index (χ4n) is 2.36. The summed E-state index contributed by atoms with van der Waals surface area (Å²) in [7, 11) is 1.28. The van der Waals surface area contributed by atoms with Crippen LogP contribution in [-0.2, 0) is 25.6 Å². The van der Waals surface area contributed by atoms with Crippen molar-refractivity contribution in [3.63, 3.8) is 0 Å². The molecule has 2 unspecified atom stereocenters. The van der Waals surface area contributed by atoms with Gasteiger partial charge in [-0.2, -0.15) is 0 Å². The number of hydrogen-bond donors (Lipinski definition) is 2. The van der Waals surface area contributed by atoms with Crippen molar-refractivity contribution >= 4 is 18.5 Å². The number of aromatic nitrogens is 2. The van der Waals surface area contributed by atoms with Gasteiger partial charge in [0.1, 0.15) is 6.23 Å². The van der Waals surface area contributed by atoms with Crippen molar-refractivity contribution in [2.75, 3.05) is 7.11 Å². The summed E-state index contributed by atoms with van der Waals surface area (Å²) in [5, 5.41) is 0. The lowest BCUT2D eigenvalue weighted by Crippen LogP contribution is -2.33. The minimum atomic E-state index is -3.31. The minimum Gasteiger partial charge on any atom is -0.352 e. The van der Waals surface area contributed by atoms with Crippen molar-refractivity contribution in [2.45, 2.75) is 45.1 Å². The summed E-state index contributed by atoms with van der Waals surface area (Å²) in [5.74, 6) is 0. The van der Waals surface area contributed by atoms with Crippen LogP contribution in [0, 0.1) is 6.92 Å². The first kappa shape index (κ1) is 17.5. The normalized spacial score (nSPS) is 27.7. The molecule has 4 atom stereocenters. The predicted molar refractivity (Wildman–Crippen MR) is 83.3 cm³/mol. The molecule has 0 bridgehead atoms. The summed E-state index contributed by atoms with van der Waals surface area (Å²) in [4.78, 5) is 35.4. The van der Waals surface area contributed by atoms with Crippen molar-refractivity contribution < 1.29 is 18.7 Å². The maximum atomic E-state index is 11.9. The van der Waals surface area contributed by atoms with Crippen molar-refractivity contribution in [1.82, 2.24) is 9.55 Å². The summed E-state index contributed by atoms with van der Waals surface area (Å²) in [6.07, 6.45) is 0.999. The predicted octanol–water partition coefficient (Wildman–Crippen LogP) is 0.791. The standard InChI is InChI=1S/C12H19N2O6PS/c1-4-8-9(20-21(17,22)18-3)5-10(19-8)14-6-7(2)11(15)13-12(14)16/h6,8-10H,4-5H2,1-3H3,(H,17,22)(H,13,15,16)/t8-,9-,10?,21?/m1/s1. The molecule has 22 heavy (non-hydrogen) atoms. The molecule has 1 aromatic heterocycles. The number of aromatic amines is 1. The van der Waals surface area contributed by atoms with Gasteiger partial charge in [-0.25, -0.2) is 4.79 Å². The van der Waals surface area contributed by atoms with E-state index in [-0.39, 0.29) is 6.10 Å². The number of rotatable bonds is 5. The van der Waals surface area contributed by atoms with Crippen molar-refractivity contribution in [1.29, 1.82) is 0 Å². The first-order chi connectivity index (χ1) is 10.3. The Bertz CT molecular complexity index is 702. The average molecular weight is 350 g/mol. The number of hydrogen-bond acceptors (Lipinski definition) is 6. The summed E-state index contributed by atoms with van der Waals surface area (Å²) >= 11 is 4.85. The number of nitrogens with zero attached hydrogens (tertiary/aromatic N) is 1. The van der Waals surface area contributed by atoms with E-state index in [1.807, 2.05) is 6.92 Å². The first-order valence-electron chi connectivity index (χ1n) is 6.82. The molecule has 1 aliphatic heterocycles. The molecule has 1 saturated heterocycles. The van der Waals surface area contributed by atoms with E-state index in [1.165, 1.54) is 17.9 Å². The molecule has 124 valence electrons. The van der Waals surface area contributed by atoms with E-state index >= 15 is 0 Å². The van der Waals surface area contributed by atoms with Gasteiger partial charge in [-0.3, -0.25) is 14.3 Å². The lowest BCUT2D eigenvalue weighted by Gasteiger charge is -2.21. The molecule has 2 rings (SSSR count). The Morgan fingerprint density at radius 3 is 2.86 bits per heavy atom. The largest absolute Gasteiger partial charge is 0.352 e. The van der Waals surface area contributed by atoms with Crippen LogP contribution >= 0.6 is 6.72 Å². The highest BCUT2D eigenvalue weighted by Gasteiger charge is 2.39. The average Bonchev–Trinajstić information content (AvgIpc) is 2.84. The molecule has 0 radical (unpaired) electrons. The molecule has 1 fully saturated rings. The Morgan fingerprint density at radius 2 is 2.27 bits per heavy atom. The van der Waals surface area contributed by atoms with Crippen LogP contribution in [0.4, 0.5) is 0 Å². The second kappa shape index (κ2) is 6.74. The smallest absolute Gasteiger partial charge is 0.330 e. The van der Waals surface area contributed by atoms with E-state index in [0.29, 0.717) is 18.4 Å². The molecule has 0 amide bonds. The highest BCUT2D eigenvalue weighted by Crippen LogP contribution is 2.48. The Balaban J connectivity index is 2.25. The topological polar surface area (TPSA) is 103 Å². The summed E-state index contributed by atoms with van der Waals surface area (Å²) in [6.45, 7) is 0.193. The minimum absolute atomic E-state index is 0.325. The fourth-order valence-corrected chi connectivity index (χ4v) is 3.34. The van der Waals surface area contributed by atoms with Gasteiger partial charge >= 0.3 is 12.4 Å². The fraction of sp³-hybridized carbons (Fsp3) is 0.667. The molecule has 1 aliphatic rings. The molecule has 0 saturated carbocycles. The summed E-state index contributed by atoms with van der Waals surface area (Å²) < 4.78 is 17.3. The molecule has 0 aromatic carbocycles. The molecule has 2 N–H and O–H groups in total. The van der Waals surface area contributed by atoms with Crippen LogP contribution in [0.2, 0.25) is 0 Å². The molecular weight excluding hydrogens is 331 g/mol. The third kappa shape index (κ3) is 3.73. The lowest BCUT2D eigenvalue weighted by molar-refractivity contribution is -0.0200. The molecule has 2 heterocycles. The van der Waals surface area contributed by atoms with E-state index in [0.717, 1.165) is 0 Å². The van der Waals surface area contributed by atoms with Crippen molar-refractivity contribution in [3.05, 3.63) is 32.6 Å². The van der Waals surface area contributed by atoms with Crippen LogP contribution in [0.1, 0.15) is 31.6 Å². The van der Waals surface area contributed by atoms with Crippen LogP contribution in [0.3, 0.4) is 0 Å². The Labute approximate surface area is 132 Å². The second-order valence-corrected chi connectivity index (χ2v) is 7.94. The van der Waals surface area contributed by atoms with Crippen LogP contribution in [0.15, 0.2) is 15.8 Å². The van der Waals surface area contributed by atoms with Crippen LogP contribution in [0.5, 0.6) is 0 Å². The highest BCUT2D eigenvalue weighted by atomic mass is 32.5. The van der Waals surface area contributed by atoms with E-state index in [2.05, 4.69) is 4.98 Å². The summed E-state index contributed by atoms with van der Waals surface area (Å²) in [5.41, 5.74) is -0.569. The number of nitrogens with one attached hydrogen (secondary N) is 1. The molecule has 8 nitrogen and oxygen atoms in total. The maximum Gasteiger partial charge on any atom is 0.330 e. The van der Waals surface area contributed by atoms with E-state index in [4.69, 9.17) is 25.6 Å². The van der Waals surface area contributed by atoms with Gasteiger partial charge < -0.3 is 18.7 Å². The van der Waals surface area contributed by atoms with Gasteiger partial charge in [-0.05, 0) is 25.2 Å². The van der Waals surface area contributed by atoms with E-state index in [1.54, 1.807) is 6.92 Å². The zero-order valence-electron chi connectivity index (χ0n) is 12.5. The number of aryl methyl sites for hydroxylation is 1. The van der Waals surface area contributed by atoms with E-state index in [9.17, 15) is 14.5 Å². The Kier molecular flexibility index (Phi) is 5.37. The zero-order chi connectivity index (χ0) is 16.5. The third-order valence-electron chi connectivity index (χ3n) is 3.54. The van der Waals surface area contributed by atoms with Gasteiger partial charge in [-0.15, -0.1) is 0 Å². The van der Waals surface area contributed by atoms with E-state index < -0.39 is 30.3 Å². The van der Waals surface area contributed by atoms with Crippen LogP contribution < -0.4 is 11.2 Å². The van der Waals surface area contributed by atoms with Gasteiger partial charge in [0.2, 0.25) is 0 Å². The molecule has 0 spiro atoms. The van der Waals surface area contributed by atoms with Gasteiger partial charge in [-0.1, -0.05) is 6.92 Å². The molecular formula is C12H19N2O6PS. The quantitative estimate of drug-likeness (QED) is 0.757. The first-order valence-corrected chi connectivity index (χ1v) is 9.41. The summed E-state index contributed by atoms with van der Waals surface area (Å²) in [6, 6.07) is 0.